The van der Waals surface area contributed by atoms with Crippen molar-refractivity contribution in [3.8, 4) is 5.69 Å². The van der Waals surface area contributed by atoms with Gasteiger partial charge in [-0.1, -0.05) is 28.9 Å². The van der Waals surface area contributed by atoms with E-state index in [0.717, 1.165) is 28.9 Å². The molecule has 0 fully saturated rings. The molecule has 1 aromatic heterocycles. The summed E-state index contributed by atoms with van der Waals surface area (Å²) in [5.41, 5.74) is 6.64. The minimum absolute atomic E-state index is 0.0393. The Morgan fingerprint density at radius 1 is 1.38 bits per heavy atom. The summed E-state index contributed by atoms with van der Waals surface area (Å²) >= 11 is 3.33. The molecule has 114 valence electrons. The molecule has 2 N–H and O–H groups in total. The monoisotopic (exact) mass is 361 g/mol. The average Bonchev–Trinajstić information content (AvgIpc) is 2.90. The van der Waals surface area contributed by atoms with Crippen molar-refractivity contribution in [2.24, 2.45) is 5.73 Å². The van der Waals surface area contributed by atoms with E-state index in [4.69, 9.17) is 5.73 Å². The first-order valence-electron chi connectivity index (χ1n) is 6.47. The van der Waals surface area contributed by atoms with Gasteiger partial charge in [-0.25, -0.2) is 4.68 Å². The first kappa shape index (κ1) is 16.0. The molecule has 21 heavy (non-hydrogen) atoms. The molecule has 0 amide bonds. The van der Waals surface area contributed by atoms with E-state index in [1.165, 1.54) is 4.68 Å². The van der Waals surface area contributed by atoms with Gasteiger partial charge in [-0.3, -0.25) is 0 Å². The number of hydrogen-bond acceptors (Lipinski definition) is 2. The van der Waals surface area contributed by atoms with Crippen molar-refractivity contribution < 1.29 is 13.2 Å². The molecular formula is C14H15BrF3N3. The number of halogens is 4. The molecule has 0 saturated heterocycles. The van der Waals surface area contributed by atoms with Crippen LogP contribution >= 0.6 is 15.9 Å². The summed E-state index contributed by atoms with van der Waals surface area (Å²) in [6, 6.07) is 5.40. The van der Waals surface area contributed by atoms with Gasteiger partial charge < -0.3 is 5.73 Å². The molecule has 0 aliphatic rings. The van der Waals surface area contributed by atoms with E-state index < -0.39 is 11.7 Å². The third kappa shape index (κ3) is 3.85. The summed E-state index contributed by atoms with van der Waals surface area (Å²) in [7, 11) is 0. The van der Waals surface area contributed by atoms with Gasteiger partial charge in [0.2, 0.25) is 0 Å². The van der Waals surface area contributed by atoms with Gasteiger partial charge in [-0.05, 0) is 30.5 Å². The van der Waals surface area contributed by atoms with Gasteiger partial charge in [0.05, 0.1) is 17.4 Å². The van der Waals surface area contributed by atoms with Crippen molar-refractivity contribution >= 4 is 15.9 Å². The zero-order valence-corrected chi connectivity index (χ0v) is 12.9. The number of hydrogen-bond donors (Lipinski definition) is 1. The van der Waals surface area contributed by atoms with E-state index >= 15 is 0 Å². The number of alkyl halides is 3. The van der Waals surface area contributed by atoms with Crippen molar-refractivity contribution in [2.75, 3.05) is 0 Å². The number of aromatic nitrogens is 2. The topological polar surface area (TPSA) is 43.8 Å². The minimum atomic E-state index is -4.40. The Balaban J connectivity index is 2.42. The zero-order valence-electron chi connectivity index (χ0n) is 11.4. The van der Waals surface area contributed by atoms with Crippen LogP contribution in [0.1, 0.15) is 24.5 Å². The molecule has 2 rings (SSSR count). The molecule has 0 aliphatic heterocycles. The molecular weight excluding hydrogens is 347 g/mol. The molecule has 0 bridgehead atoms. The molecule has 1 aromatic carbocycles. The van der Waals surface area contributed by atoms with Crippen molar-refractivity contribution in [3.05, 3.63) is 46.2 Å². The van der Waals surface area contributed by atoms with E-state index in [9.17, 15) is 13.2 Å². The average molecular weight is 362 g/mol. The summed E-state index contributed by atoms with van der Waals surface area (Å²) in [6.07, 6.45) is -1.21. The molecule has 1 atom stereocenters. The molecule has 7 heteroatoms. The quantitative estimate of drug-likeness (QED) is 0.896. The Morgan fingerprint density at radius 3 is 2.67 bits per heavy atom. The lowest BCUT2D eigenvalue weighted by molar-refractivity contribution is -0.137. The standard InChI is InChI=1S/C14H15BrF3N3/c1-2-12(19)5-9-3-4-11(15)6-13(9)21-8-10(7-20-21)14(16,17)18/h3-4,6-8,12H,2,5,19H2,1H3. The van der Waals surface area contributed by atoms with Gasteiger partial charge in [0, 0.05) is 16.7 Å². The van der Waals surface area contributed by atoms with Crippen LogP contribution in [0.4, 0.5) is 13.2 Å². The van der Waals surface area contributed by atoms with Crippen LogP contribution in [0.3, 0.4) is 0 Å². The first-order chi connectivity index (χ1) is 9.81. The van der Waals surface area contributed by atoms with Gasteiger partial charge in [-0.2, -0.15) is 18.3 Å². The van der Waals surface area contributed by atoms with Crippen LogP contribution < -0.4 is 5.73 Å². The van der Waals surface area contributed by atoms with Gasteiger partial charge >= 0.3 is 6.18 Å². The second-order valence-corrected chi connectivity index (χ2v) is 5.73. The van der Waals surface area contributed by atoms with Crippen LogP contribution in [0.25, 0.3) is 5.69 Å². The number of nitrogens with two attached hydrogens (primary N) is 1. The third-order valence-corrected chi connectivity index (χ3v) is 3.70. The van der Waals surface area contributed by atoms with Crippen molar-refractivity contribution in [1.82, 2.24) is 9.78 Å². The Labute approximate surface area is 129 Å². The highest BCUT2D eigenvalue weighted by molar-refractivity contribution is 9.10. The molecule has 3 nitrogen and oxygen atoms in total. The summed E-state index contributed by atoms with van der Waals surface area (Å²) in [6.45, 7) is 1.97. The molecule has 0 saturated carbocycles. The van der Waals surface area contributed by atoms with Gasteiger partial charge in [0.1, 0.15) is 0 Å². The van der Waals surface area contributed by atoms with Crippen molar-refractivity contribution in [1.29, 1.82) is 0 Å². The van der Waals surface area contributed by atoms with Crippen LogP contribution in [-0.2, 0) is 12.6 Å². The normalized spacial score (nSPS) is 13.4. The second kappa shape index (κ2) is 6.19. The Kier molecular flexibility index (Phi) is 4.73. The maximum absolute atomic E-state index is 12.7. The summed E-state index contributed by atoms with van der Waals surface area (Å²) < 4.78 is 40.1. The van der Waals surface area contributed by atoms with E-state index in [-0.39, 0.29) is 6.04 Å². The van der Waals surface area contributed by atoms with Crippen LogP contribution in [0.5, 0.6) is 0 Å². The van der Waals surface area contributed by atoms with Crippen molar-refractivity contribution in [2.45, 2.75) is 32.0 Å². The number of benzene rings is 1. The van der Waals surface area contributed by atoms with Crippen LogP contribution in [0.2, 0.25) is 0 Å². The Morgan fingerprint density at radius 2 is 2.10 bits per heavy atom. The lowest BCUT2D eigenvalue weighted by atomic mass is 10.0. The van der Waals surface area contributed by atoms with Crippen LogP contribution in [-0.4, -0.2) is 15.8 Å². The second-order valence-electron chi connectivity index (χ2n) is 4.82. The maximum atomic E-state index is 12.7. The van der Waals surface area contributed by atoms with Gasteiger partial charge in [-0.15, -0.1) is 0 Å². The Hall–Kier alpha value is -1.34. The number of rotatable bonds is 4. The van der Waals surface area contributed by atoms with Crippen molar-refractivity contribution in [3.63, 3.8) is 0 Å². The predicted octanol–water partition coefficient (Wildman–Crippen LogP) is 3.93. The Bertz CT molecular complexity index is 622. The summed E-state index contributed by atoms with van der Waals surface area (Å²) in [5, 5.41) is 3.82. The van der Waals surface area contributed by atoms with Crippen LogP contribution in [0, 0.1) is 0 Å². The lowest BCUT2D eigenvalue weighted by Gasteiger charge is -2.14. The SMILES string of the molecule is CCC(N)Cc1ccc(Br)cc1-n1cc(C(F)(F)F)cn1. The fourth-order valence-electron chi connectivity index (χ4n) is 1.95. The predicted molar refractivity (Wildman–Crippen MR) is 78.2 cm³/mol. The third-order valence-electron chi connectivity index (χ3n) is 3.21. The van der Waals surface area contributed by atoms with Gasteiger partial charge in [0.15, 0.2) is 0 Å². The van der Waals surface area contributed by atoms with E-state index in [1.807, 2.05) is 19.1 Å². The van der Waals surface area contributed by atoms with Crippen LogP contribution in [0.15, 0.2) is 35.1 Å². The molecule has 2 aromatic rings. The van der Waals surface area contributed by atoms with Gasteiger partial charge in [0.25, 0.3) is 0 Å². The van der Waals surface area contributed by atoms with E-state index in [0.29, 0.717) is 12.1 Å². The number of nitrogens with zero attached hydrogens (tertiary/aromatic N) is 2. The highest BCUT2D eigenvalue weighted by Gasteiger charge is 2.32. The zero-order chi connectivity index (χ0) is 15.6. The first-order valence-corrected chi connectivity index (χ1v) is 7.26. The maximum Gasteiger partial charge on any atom is 0.419 e. The molecule has 0 spiro atoms. The largest absolute Gasteiger partial charge is 0.419 e. The van der Waals surface area contributed by atoms with E-state index in [2.05, 4.69) is 21.0 Å². The van der Waals surface area contributed by atoms with E-state index in [1.54, 1.807) is 6.07 Å². The molecule has 1 heterocycles. The summed E-state index contributed by atoms with van der Waals surface area (Å²) in [4.78, 5) is 0. The smallest absolute Gasteiger partial charge is 0.327 e. The lowest BCUT2D eigenvalue weighted by Crippen LogP contribution is -2.22. The highest BCUT2D eigenvalue weighted by Crippen LogP contribution is 2.30. The highest BCUT2D eigenvalue weighted by atomic mass is 79.9. The molecule has 1 unspecified atom stereocenters. The fourth-order valence-corrected chi connectivity index (χ4v) is 2.30. The fraction of sp³-hybridized carbons (Fsp3) is 0.357. The molecule has 0 radical (unpaired) electrons. The molecule has 0 aliphatic carbocycles. The minimum Gasteiger partial charge on any atom is -0.327 e. The summed E-state index contributed by atoms with van der Waals surface area (Å²) in [5.74, 6) is 0.